The summed E-state index contributed by atoms with van der Waals surface area (Å²) in [4.78, 5) is 15.4. The Morgan fingerprint density at radius 2 is 1.86 bits per heavy atom. The molecule has 0 amide bonds. The van der Waals surface area contributed by atoms with Crippen molar-refractivity contribution in [2.75, 3.05) is 23.3 Å². The van der Waals surface area contributed by atoms with E-state index in [4.69, 9.17) is 0 Å². The van der Waals surface area contributed by atoms with Gasteiger partial charge in [0.1, 0.15) is 17.5 Å². The summed E-state index contributed by atoms with van der Waals surface area (Å²) in [5.74, 6) is 2.75. The van der Waals surface area contributed by atoms with E-state index in [0.29, 0.717) is 0 Å². The van der Waals surface area contributed by atoms with E-state index in [-0.39, 0.29) is 0 Å². The molecule has 0 aliphatic carbocycles. The Morgan fingerprint density at radius 1 is 1.10 bits per heavy atom. The maximum atomic E-state index is 4.58. The molecule has 1 aliphatic heterocycles. The van der Waals surface area contributed by atoms with Crippen molar-refractivity contribution < 1.29 is 0 Å². The summed E-state index contributed by atoms with van der Waals surface area (Å²) in [6, 6.07) is 6.07. The van der Waals surface area contributed by atoms with Crippen molar-refractivity contribution in [1.82, 2.24) is 15.0 Å². The Labute approximate surface area is 125 Å². The molecule has 0 bridgehead atoms. The molecule has 1 saturated heterocycles. The molecule has 0 spiro atoms. The summed E-state index contributed by atoms with van der Waals surface area (Å²) in [5, 5.41) is 3.38. The van der Waals surface area contributed by atoms with Gasteiger partial charge in [-0.25, -0.2) is 9.97 Å². The lowest BCUT2D eigenvalue weighted by molar-refractivity contribution is 0.572. The first kappa shape index (κ1) is 13.8. The number of anilines is 2. The molecule has 0 atom stereocenters. The number of aryl methyl sites for hydroxylation is 1. The molecular weight excluding hydrogens is 262 g/mol. The highest BCUT2D eigenvalue weighted by Crippen LogP contribution is 2.20. The van der Waals surface area contributed by atoms with Crippen molar-refractivity contribution in [2.45, 2.75) is 32.7 Å². The fourth-order valence-electron chi connectivity index (χ4n) is 2.62. The molecule has 5 nitrogen and oxygen atoms in total. The van der Waals surface area contributed by atoms with Crippen molar-refractivity contribution in [1.29, 1.82) is 0 Å². The Hall–Kier alpha value is -2.17. The zero-order chi connectivity index (χ0) is 14.5. The molecule has 1 aliphatic rings. The molecule has 110 valence electrons. The molecule has 3 rings (SSSR count). The maximum absolute atomic E-state index is 4.58. The Balaban J connectivity index is 1.71. The number of aromatic nitrogens is 3. The van der Waals surface area contributed by atoms with Crippen molar-refractivity contribution in [3.63, 3.8) is 0 Å². The number of pyridine rings is 1. The van der Waals surface area contributed by atoms with E-state index in [1.807, 2.05) is 19.1 Å². The van der Waals surface area contributed by atoms with E-state index in [2.05, 4.69) is 31.2 Å². The van der Waals surface area contributed by atoms with Crippen LogP contribution in [-0.2, 0) is 6.54 Å². The summed E-state index contributed by atoms with van der Waals surface area (Å²) in [7, 11) is 0. The average molecular weight is 283 g/mol. The van der Waals surface area contributed by atoms with Gasteiger partial charge in [0.2, 0.25) is 0 Å². The van der Waals surface area contributed by atoms with Gasteiger partial charge in [0.05, 0.1) is 0 Å². The van der Waals surface area contributed by atoms with E-state index < -0.39 is 0 Å². The summed E-state index contributed by atoms with van der Waals surface area (Å²) in [6.45, 7) is 4.89. The predicted molar refractivity (Wildman–Crippen MR) is 84.4 cm³/mol. The average Bonchev–Trinajstić information content (AvgIpc) is 2.54. The quantitative estimate of drug-likeness (QED) is 0.935. The van der Waals surface area contributed by atoms with E-state index in [1.54, 1.807) is 12.4 Å². The molecule has 1 N–H and O–H groups in total. The van der Waals surface area contributed by atoms with E-state index in [0.717, 1.165) is 37.1 Å². The van der Waals surface area contributed by atoms with Crippen LogP contribution in [0.4, 0.5) is 11.6 Å². The molecule has 1 fully saturated rings. The van der Waals surface area contributed by atoms with Crippen molar-refractivity contribution in [2.24, 2.45) is 0 Å². The fraction of sp³-hybridized carbons (Fsp3) is 0.438. The number of hydrogen-bond donors (Lipinski definition) is 1. The van der Waals surface area contributed by atoms with Gasteiger partial charge >= 0.3 is 0 Å². The van der Waals surface area contributed by atoms with Crippen LogP contribution >= 0.6 is 0 Å². The van der Waals surface area contributed by atoms with Gasteiger partial charge in [-0.15, -0.1) is 0 Å². The summed E-state index contributed by atoms with van der Waals surface area (Å²) >= 11 is 0. The first-order valence-corrected chi connectivity index (χ1v) is 7.55. The third kappa shape index (κ3) is 3.68. The van der Waals surface area contributed by atoms with Gasteiger partial charge in [-0.2, -0.15) is 0 Å². The maximum Gasteiger partial charge on any atom is 0.134 e. The lowest BCUT2D eigenvalue weighted by Crippen LogP contribution is -2.30. The first-order valence-electron chi connectivity index (χ1n) is 7.55. The van der Waals surface area contributed by atoms with Gasteiger partial charge in [-0.1, -0.05) is 0 Å². The number of nitrogens with zero attached hydrogens (tertiary/aromatic N) is 4. The molecular formula is C16H21N5. The highest BCUT2D eigenvalue weighted by atomic mass is 15.2. The van der Waals surface area contributed by atoms with Crippen LogP contribution in [-0.4, -0.2) is 28.0 Å². The monoisotopic (exact) mass is 283 g/mol. The summed E-state index contributed by atoms with van der Waals surface area (Å²) < 4.78 is 0. The molecule has 0 unspecified atom stereocenters. The molecule has 0 radical (unpaired) electrons. The summed E-state index contributed by atoms with van der Waals surface area (Å²) in [5.41, 5.74) is 1.20. The van der Waals surface area contributed by atoms with E-state index in [9.17, 15) is 0 Å². The molecule has 2 aromatic rings. The first-order chi connectivity index (χ1) is 10.3. The Bertz CT molecular complexity index is 578. The normalized spacial score (nSPS) is 15.0. The molecule has 0 aromatic carbocycles. The molecule has 2 aromatic heterocycles. The minimum atomic E-state index is 0.748. The van der Waals surface area contributed by atoms with Crippen LogP contribution in [0.15, 0.2) is 30.6 Å². The Kier molecular flexibility index (Phi) is 4.28. The highest BCUT2D eigenvalue weighted by Gasteiger charge is 2.13. The van der Waals surface area contributed by atoms with Crippen LogP contribution in [0.25, 0.3) is 0 Å². The minimum absolute atomic E-state index is 0.748. The summed E-state index contributed by atoms with van der Waals surface area (Å²) in [6.07, 6.45) is 7.45. The van der Waals surface area contributed by atoms with Crippen molar-refractivity contribution in [3.05, 3.63) is 42.0 Å². The highest BCUT2D eigenvalue weighted by molar-refractivity contribution is 5.49. The minimum Gasteiger partial charge on any atom is -0.366 e. The van der Waals surface area contributed by atoms with Crippen molar-refractivity contribution in [3.8, 4) is 0 Å². The largest absolute Gasteiger partial charge is 0.366 e. The van der Waals surface area contributed by atoms with Crippen LogP contribution < -0.4 is 10.2 Å². The van der Waals surface area contributed by atoms with E-state index >= 15 is 0 Å². The van der Waals surface area contributed by atoms with Crippen LogP contribution in [0.3, 0.4) is 0 Å². The smallest absolute Gasteiger partial charge is 0.134 e. The number of rotatable bonds is 4. The van der Waals surface area contributed by atoms with E-state index in [1.165, 1.54) is 24.8 Å². The Morgan fingerprint density at radius 3 is 2.62 bits per heavy atom. The molecule has 5 heteroatoms. The topological polar surface area (TPSA) is 53.9 Å². The van der Waals surface area contributed by atoms with Crippen molar-refractivity contribution >= 4 is 11.6 Å². The second-order valence-electron chi connectivity index (χ2n) is 5.42. The zero-order valence-electron chi connectivity index (χ0n) is 12.4. The molecule has 21 heavy (non-hydrogen) atoms. The molecule has 3 heterocycles. The molecule has 0 saturated carbocycles. The number of hydrogen-bond acceptors (Lipinski definition) is 5. The predicted octanol–water partition coefficient (Wildman–Crippen LogP) is 2.78. The van der Waals surface area contributed by atoms with Gasteiger partial charge in [0.15, 0.2) is 0 Å². The van der Waals surface area contributed by atoms with Gasteiger partial charge in [0, 0.05) is 38.1 Å². The van der Waals surface area contributed by atoms with Gasteiger partial charge in [0.25, 0.3) is 0 Å². The standard InChI is InChI=1S/C16H21N5/c1-13-19-15(18-12-14-5-7-17-8-6-14)11-16(20-13)21-9-3-2-4-10-21/h5-8,11H,2-4,9-10,12H2,1H3,(H,18,19,20). The second-order valence-corrected chi connectivity index (χ2v) is 5.42. The van der Waals surface area contributed by atoms with Crippen LogP contribution in [0.1, 0.15) is 30.7 Å². The van der Waals surface area contributed by atoms with Crippen LogP contribution in [0.2, 0.25) is 0 Å². The van der Waals surface area contributed by atoms with Gasteiger partial charge < -0.3 is 10.2 Å². The number of nitrogens with one attached hydrogen (secondary N) is 1. The lowest BCUT2D eigenvalue weighted by atomic mass is 10.1. The van der Waals surface area contributed by atoms with Crippen LogP contribution in [0.5, 0.6) is 0 Å². The van der Waals surface area contributed by atoms with Crippen LogP contribution in [0, 0.1) is 6.92 Å². The fourth-order valence-corrected chi connectivity index (χ4v) is 2.62. The second kappa shape index (κ2) is 6.52. The zero-order valence-corrected chi connectivity index (χ0v) is 12.4. The van der Waals surface area contributed by atoms with Gasteiger partial charge in [-0.05, 0) is 43.9 Å². The third-order valence-electron chi connectivity index (χ3n) is 3.73. The van der Waals surface area contributed by atoms with Gasteiger partial charge in [-0.3, -0.25) is 4.98 Å². The SMILES string of the molecule is Cc1nc(NCc2ccncc2)cc(N2CCCCC2)n1. The number of piperidine rings is 1. The lowest BCUT2D eigenvalue weighted by Gasteiger charge is -2.28. The third-order valence-corrected chi connectivity index (χ3v) is 3.73.